The molecule has 0 aliphatic heterocycles. The van der Waals surface area contributed by atoms with Crippen molar-refractivity contribution in [2.75, 3.05) is 7.11 Å². The van der Waals surface area contributed by atoms with Gasteiger partial charge >= 0.3 is 5.91 Å². The molecule has 31 heavy (non-hydrogen) atoms. The maximum absolute atomic E-state index is 12.3. The maximum Gasteiger partial charge on any atom is 0.307 e. The molecule has 0 saturated carbocycles. The Labute approximate surface area is 184 Å². The summed E-state index contributed by atoms with van der Waals surface area (Å²) in [6, 6.07) is 22.0. The Bertz CT molecular complexity index is 1210. The minimum Gasteiger partial charge on any atom is -0.493 e. The Kier molecular flexibility index (Phi) is 6.19. The van der Waals surface area contributed by atoms with Crippen molar-refractivity contribution >= 4 is 34.7 Å². The van der Waals surface area contributed by atoms with Crippen molar-refractivity contribution in [3.05, 3.63) is 94.7 Å². The van der Waals surface area contributed by atoms with Gasteiger partial charge in [-0.1, -0.05) is 35.9 Å². The van der Waals surface area contributed by atoms with Gasteiger partial charge < -0.3 is 13.9 Å². The third-order valence-electron chi connectivity index (χ3n) is 4.53. The molecule has 0 spiro atoms. The first-order valence-corrected chi connectivity index (χ1v) is 9.87. The number of fused-ring (bicyclic) bond motifs is 1. The summed E-state index contributed by atoms with van der Waals surface area (Å²) in [7, 11) is 1.55. The molecule has 0 aliphatic rings. The van der Waals surface area contributed by atoms with E-state index in [-0.39, 0.29) is 5.76 Å². The van der Waals surface area contributed by atoms with Crippen LogP contribution in [0.25, 0.3) is 11.0 Å². The van der Waals surface area contributed by atoms with Gasteiger partial charge in [0.1, 0.15) is 12.4 Å². The number of carbonyl (C=O) groups excluding carboxylic acids is 1. The summed E-state index contributed by atoms with van der Waals surface area (Å²) < 4.78 is 16.6. The molecular weight excluding hydrogens is 416 g/mol. The quantitative estimate of drug-likeness (QED) is 0.310. The molecule has 0 unspecified atom stereocenters. The molecule has 6 nitrogen and oxygen atoms in total. The normalized spacial score (nSPS) is 11.0. The summed E-state index contributed by atoms with van der Waals surface area (Å²) in [6.45, 7) is 0.447. The Morgan fingerprint density at radius 2 is 1.87 bits per heavy atom. The summed E-state index contributed by atoms with van der Waals surface area (Å²) >= 11 is 5.88. The number of furan rings is 1. The van der Waals surface area contributed by atoms with Crippen molar-refractivity contribution in [1.82, 2.24) is 5.43 Å². The number of amides is 1. The standard InChI is InChI=1S/C24H19ClN2O4/c1-29-21-4-2-3-18-13-22(31-23(18)21)24(28)27-26-14-16-7-11-20(12-8-16)30-15-17-5-9-19(25)10-6-17/h2-14H,15H2,1H3,(H,27,28)/b26-14-. The van der Waals surface area contributed by atoms with Crippen molar-refractivity contribution in [2.24, 2.45) is 5.10 Å². The molecule has 0 radical (unpaired) electrons. The number of methoxy groups -OCH3 is 1. The number of halogens is 1. The second-order valence-corrected chi connectivity index (χ2v) is 7.11. The SMILES string of the molecule is COc1cccc2cc(C(=O)N/N=C\c3ccc(OCc4ccc(Cl)cc4)cc3)oc12. The van der Waals surface area contributed by atoms with Crippen molar-refractivity contribution in [1.29, 1.82) is 0 Å². The monoisotopic (exact) mass is 434 g/mol. The number of hydrazone groups is 1. The number of hydrogen-bond acceptors (Lipinski definition) is 5. The van der Waals surface area contributed by atoms with Crippen molar-refractivity contribution in [3.8, 4) is 11.5 Å². The highest BCUT2D eigenvalue weighted by Gasteiger charge is 2.14. The molecular formula is C24H19ClN2O4. The van der Waals surface area contributed by atoms with Crippen LogP contribution in [-0.2, 0) is 6.61 Å². The van der Waals surface area contributed by atoms with Crippen molar-refractivity contribution < 1.29 is 18.7 Å². The third-order valence-corrected chi connectivity index (χ3v) is 4.78. The fraction of sp³-hybridized carbons (Fsp3) is 0.0833. The highest BCUT2D eigenvalue weighted by atomic mass is 35.5. The molecule has 7 heteroatoms. The summed E-state index contributed by atoms with van der Waals surface area (Å²) in [5.41, 5.74) is 4.83. The summed E-state index contributed by atoms with van der Waals surface area (Å²) in [4.78, 5) is 12.3. The van der Waals surface area contributed by atoms with E-state index in [9.17, 15) is 4.79 Å². The first-order chi connectivity index (χ1) is 15.1. The number of ether oxygens (including phenoxy) is 2. The molecule has 3 aromatic carbocycles. The lowest BCUT2D eigenvalue weighted by molar-refractivity contribution is 0.0929. The Morgan fingerprint density at radius 1 is 1.10 bits per heavy atom. The molecule has 0 saturated heterocycles. The molecule has 156 valence electrons. The van der Waals surface area contributed by atoms with E-state index < -0.39 is 5.91 Å². The summed E-state index contributed by atoms with van der Waals surface area (Å²) in [5.74, 6) is 1.01. The number of hydrogen-bond donors (Lipinski definition) is 1. The van der Waals surface area contributed by atoms with Gasteiger partial charge in [0, 0.05) is 10.4 Å². The Hall–Kier alpha value is -3.77. The van der Waals surface area contributed by atoms with Crippen LogP contribution in [0.1, 0.15) is 21.7 Å². The lowest BCUT2D eigenvalue weighted by atomic mass is 10.2. The second-order valence-electron chi connectivity index (χ2n) is 6.67. The Morgan fingerprint density at radius 3 is 2.61 bits per heavy atom. The highest BCUT2D eigenvalue weighted by Crippen LogP contribution is 2.28. The van der Waals surface area contributed by atoms with E-state index in [0.717, 1.165) is 22.3 Å². The van der Waals surface area contributed by atoms with Crippen LogP contribution >= 0.6 is 11.6 Å². The van der Waals surface area contributed by atoms with E-state index in [0.29, 0.717) is 23.0 Å². The van der Waals surface area contributed by atoms with Gasteiger partial charge in [-0.2, -0.15) is 5.10 Å². The van der Waals surface area contributed by atoms with Gasteiger partial charge in [-0.05, 0) is 59.7 Å². The van der Waals surface area contributed by atoms with Crippen LogP contribution in [0.15, 0.2) is 82.3 Å². The first-order valence-electron chi connectivity index (χ1n) is 9.49. The number of benzene rings is 3. The maximum atomic E-state index is 12.3. The van der Waals surface area contributed by atoms with Gasteiger partial charge in [-0.3, -0.25) is 4.79 Å². The fourth-order valence-corrected chi connectivity index (χ4v) is 3.05. The highest BCUT2D eigenvalue weighted by molar-refractivity contribution is 6.30. The molecule has 0 atom stereocenters. The predicted octanol–water partition coefficient (Wildman–Crippen LogP) is 5.44. The molecule has 1 N–H and O–H groups in total. The average Bonchev–Trinajstić information content (AvgIpc) is 3.24. The molecule has 1 heterocycles. The van der Waals surface area contributed by atoms with E-state index in [4.69, 9.17) is 25.5 Å². The number of nitrogens with one attached hydrogen (secondary N) is 1. The molecule has 4 aromatic rings. The van der Waals surface area contributed by atoms with Crippen LogP contribution in [0.4, 0.5) is 0 Å². The first kappa shape index (κ1) is 20.5. The molecule has 0 aliphatic carbocycles. The minimum atomic E-state index is -0.447. The number of rotatable bonds is 7. The van der Waals surface area contributed by atoms with Crippen molar-refractivity contribution in [2.45, 2.75) is 6.61 Å². The topological polar surface area (TPSA) is 73.1 Å². The minimum absolute atomic E-state index is 0.155. The third kappa shape index (κ3) is 5.05. The molecule has 1 amide bonds. The van der Waals surface area contributed by atoms with Gasteiger partial charge in [-0.25, -0.2) is 5.43 Å². The lowest BCUT2D eigenvalue weighted by Gasteiger charge is -2.06. The average molecular weight is 435 g/mol. The number of carbonyl (C=O) groups is 1. The largest absolute Gasteiger partial charge is 0.493 e. The van der Waals surface area contributed by atoms with Crippen LogP contribution < -0.4 is 14.9 Å². The smallest absolute Gasteiger partial charge is 0.307 e. The number of para-hydroxylation sites is 1. The summed E-state index contributed by atoms with van der Waals surface area (Å²) in [5, 5.41) is 5.47. The van der Waals surface area contributed by atoms with Gasteiger partial charge in [-0.15, -0.1) is 0 Å². The zero-order chi connectivity index (χ0) is 21.6. The second kappa shape index (κ2) is 9.36. The summed E-state index contributed by atoms with van der Waals surface area (Å²) in [6.07, 6.45) is 1.55. The predicted molar refractivity (Wildman–Crippen MR) is 120 cm³/mol. The van der Waals surface area contributed by atoms with E-state index in [1.165, 1.54) is 0 Å². The van der Waals surface area contributed by atoms with Crippen LogP contribution in [0, 0.1) is 0 Å². The molecule has 4 rings (SSSR count). The number of nitrogens with zero attached hydrogens (tertiary/aromatic N) is 1. The van der Waals surface area contributed by atoms with E-state index in [1.807, 2.05) is 60.7 Å². The van der Waals surface area contributed by atoms with Crippen molar-refractivity contribution in [3.63, 3.8) is 0 Å². The fourth-order valence-electron chi connectivity index (χ4n) is 2.93. The van der Waals surface area contributed by atoms with Crippen LogP contribution in [-0.4, -0.2) is 19.2 Å². The Balaban J connectivity index is 1.33. The van der Waals surface area contributed by atoms with Gasteiger partial charge in [0.15, 0.2) is 17.1 Å². The molecule has 1 aromatic heterocycles. The molecule has 0 bridgehead atoms. The van der Waals surface area contributed by atoms with Gasteiger partial charge in [0.25, 0.3) is 0 Å². The van der Waals surface area contributed by atoms with E-state index in [1.54, 1.807) is 25.5 Å². The van der Waals surface area contributed by atoms with Gasteiger partial charge in [0.05, 0.1) is 13.3 Å². The zero-order valence-corrected chi connectivity index (χ0v) is 17.4. The zero-order valence-electron chi connectivity index (χ0n) is 16.7. The lowest BCUT2D eigenvalue weighted by Crippen LogP contribution is -2.16. The van der Waals surface area contributed by atoms with Gasteiger partial charge in [0.2, 0.25) is 0 Å². The van der Waals surface area contributed by atoms with Crippen LogP contribution in [0.2, 0.25) is 5.02 Å². The van der Waals surface area contributed by atoms with Crippen LogP contribution in [0.3, 0.4) is 0 Å². The van der Waals surface area contributed by atoms with E-state index >= 15 is 0 Å². The van der Waals surface area contributed by atoms with Crippen LogP contribution in [0.5, 0.6) is 11.5 Å². The van der Waals surface area contributed by atoms with E-state index in [2.05, 4.69) is 10.5 Å². The molecule has 0 fully saturated rings.